The van der Waals surface area contributed by atoms with E-state index in [2.05, 4.69) is 22.6 Å². The molecule has 0 aromatic rings. The number of halogens is 1. The van der Waals surface area contributed by atoms with Gasteiger partial charge in [0, 0.05) is 8.41 Å². The molecule has 3 heteroatoms. The van der Waals surface area contributed by atoms with Crippen LogP contribution in [0.2, 0.25) is 9.88 Å². The molecule has 0 N–H and O–H groups in total. The summed E-state index contributed by atoms with van der Waals surface area (Å²) in [6.07, 6.45) is 0. The molecule has 4 radical (unpaired) electrons. The molecule has 0 spiro atoms. The van der Waals surface area contributed by atoms with Crippen LogP contribution < -0.4 is 0 Å². The third-order valence-corrected chi connectivity index (χ3v) is 0. The fourth-order valence-corrected chi connectivity index (χ4v) is 0. The molecule has 0 heterocycles. The van der Waals surface area contributed by atoms with Crippen molar-refractivity contribution >= 4 is 38.7 Å². The Labute approximate surface area is 48.4 Å². The van der Waals surface area contributed by atoms with Crippen LogP contribution in [0, 0.1) is 0 Å². The van der Waals surface area contributed by atoms with E-state index in [1.807, 2.05) is 0 Å². The Bertz CT molecular complexity index is 14.4. The van der Waals surface area contributed by atoms with Crippen molar-refractivity contribution in [2.24, 2.45) is 0 Å². The van der Waals surface area contributed by atoms with E-state index in [1.165, 1.54) is 0 Å². The minimum atomic E-state index is -0.731. The first-order valence-electron chi connectivity index (χ1n) is 1.19. The molecule has 0 aromatic heterocycles. The van der Waals surface area contributed by atoms with Gasteiger partial charge >= 0.3 is 40.1 Å². The van der Waals surface area contributed by atoms with Gasteiger partial charge in [0.15, 0.2) is 0 Å². The van der Waals surface area contributed by atoms with E-state index in [1.54, 1.807) is 0 Å². The summed E-state index contributed by atoms with van der Waals surface area (Å²) < 4.78 is 0. The maximum absolute atomic E-state index is 3.47. The molecule has 0 aliphatic carbocycles. The van der Waals surface area contributed by atoms with E-state index in [0.29, 0.717) is 0 Å². The van der Waals surface area contributed by atoms with Gasteiger partial charge in [-0.05, 0) is 0 Å². The molecule has 0 fully saturated rings. The molecule has 0 rings (SSSR count). The Balaban J connectivity index is 0. The quantitative estimate of drug-likeness (QED) is 0.558. The molecular formula is C2H6BBrSn. The topological polar surface area (TPSA) is 0 Å². The molecule has 0 amide bonds. The molecule has 0 aliphatic rings. The van der Waals surface area contributed by atoms with Crippen molar-refractivity contribution in [2.45, 2.75) is 9.88 Å². The molecule has 0 saturated heterocycles. The van der Waals surface area contributed by atoms with Gasteiger partial charge in [0.2, 0.25) is 0 Å². The maximum atomic E-state index is 3.47. The van der Waals surface area contributed by atoms with Gasteiger partial charge in [0.05, 0.1) is 0 Å². The summed E-state index contributed by atoms with van der Waals surface area (Å²) in [5, 5.41) is 0. The van der Waals surface area contributed by atoms with Crippen LogP contribution in [0.3, 0.4) is 0 Å². The minimum absolute atomic E-state index is 0. The Morgan fingerprint density at radius 1 is 1.40 bits per heavy atom. The Kier molecular flexibility index (Phi) is 10.3. The van der Waals surface area contributed by atoms with E-state index in [0.717, 1.165) is 0 Å². The first kappa shape index (κ1) is 9.60. The zero-order valence-corrected chi connectivity index (χ0v) is 7.90. The van der Waals surface area contributed by atoms with Crippen LogP contribution in [0.5, 0.6) is 0 Å². The predicted molar refractivity (Wildman–Crippen MR) is 32.2 cm³/mol. The summed E-state index contributed by atoms with van der Waals surface area (Å²) in [7, 11) is 0. The SMILES string of the molecule is [B].[CH3][Sn]([CH3])[Br]. The number of hydrogen-bond donors (Lipinski definition) is 0. The molecular weight excluding hydrogens is 233 g/mol. The van der Waals surface area contributed by atoms with Crippen LogP contribution in [0.1, 0.15) is 0 Å². The van der Waals surface area contributed by atoms with E-state index in [-0.39, 0.29) is 8.41 Å². The Hall–Kier alpha value is 1.34. The van der Waals surface area contributed by atoms with Crippen molar-refractivity contribution in [3.8, 4) is 0 Å². The summed E-state index contributed by atoms with van der Waals surface area (Å²) >= 11 is 2.74. The molecule has 0 nitrogen and oxygen atoms in total. The van der Waals surface area contributed by atoms with Gasteiger partial charge in [-0.25, -0.2) is 0 Å². The number of hydrogen-bond acceptors (Lipinski definition) is 0. The summed E-state index contributed by atoms with van der Waals surface area (Å²) in [5.41, 5.74) is 0. The second kappa shape index (κ2) is 5.34. The molecule has 0 unspecified atom stereocenters. The van der Waals surface area contributed by atoms with Gasteiger partial charge < -0.3 is 0 Å². The Morgan fingerprint density at radius 2 is 1.40 bits per heavy atom. The third-order valence-electron chi connectivity index (χ3n) is 0. The molecule has 0 bridgehead atoms. The van der Waals surface area contributed by atoms with Crippen LogP contribution >= 0.6 is 12.7 Å². The van der Waals surface area contributed by atoms with Crippen LogP contribution in [-0.2, 0) is 0 Å². The molecule has 28 valence electrons. The average molecular weight is 239 g/mol. The van der Waals surface area contributed by atoms with Gasteiger partial charge in [-0.1, -0.05) is 0 Å². The molecule has 0 aromatic carbocycles. The van der Waals surface area contributed by atoms with Crippen molar-refractivity contribution in [1.29, 1.82) is 0 Å². The van der Waals surface area contributed by atoms with Gasteiger partial charge in [0.25, 0.3) is 0 Å². The van der Waals surface area contributed by atoms with Crippen molar-refractivity contribution in [2.75, 3.05) is 0 Å². The molecule has 5 heavy (non-hydrogen) atoms. The fourth-order valence-electron chi connectivity index (χ4n) is 0. The first-order chi connectivity index (χ1) is 1.73. The second-order valence-electron chi connectivity index (χ2n) is 0.878. The normalized spacial score (nSPS) is 7.20. The van der Waals surface area contributed by atoms with Crippen LogP contribution in [0.25, 0.3) is 0 Å². The van der Waals surface area contributed by atoms with E-state index in [4.69, 9.17) is 0 Å². The van der Waals surface area contributed by atoms with Crippen LogP contribution in [-0.4, -0.2) is 26.0 Å². The van der Waals surface area contributed by atoms with E-state index >= 15 is 0 Å². The third kappa shape index (κ3) is 33.1. The summed E-state index contributed by atoms with van der Waals surface area (Å²) in [6, 6.07) is 0. The van der Waals surface area contributed by atoms with E-state index in [9.17, 15) is 0 Å². The zero-order chi connectivity index (χ0) is 3.58. The van der Waals surface area contributed by atoms with Gasteiger partial charge in [0.1, 0.15) is 0 Å². The van der Waals surface area contributed by atoms with Crippen LogP contribution in [0.15, 0.2) is 0 Å². The van der Waals surface area contributed by atoms with Gasteiger partial charge in [-0.15, -0.1) is 0 Å². The van der Waals surface area contributed by atoms with E-state index < -0.39 is 17.5 Å². The second-order valence-corrected chi connectivity index (χ2v) is 16.5. The number of rotatable bonds is 0. The monoisotopic (exact) mass is 240 g/mol. The molecule has 0 atom stereocenters. The van der Waals surface area contributed by atoms with Crippen molar-refractivity contribution in [1.82, 2.24) is 0 Å². The molecule has 0 saturated carbocycles. The van der Waals surface area contributed by atoms with Crippen molar-refractivity contribution < 1.29 is 0 Å². The standard InChI is InChI=1S/2CH3.B.BrH.Sn/h2*1H3;;1H;/q;;;;+1/p-1. The Morgan fingerprint density at radius 3 is 1.40 bits per heavy atom. The average Bonchev–Trinajstić information content (AvgIpc) is 0.811. The van der Waals surface area contributed by atoms with Crippen molar-refractivity contribution in [3.05, 3.63) is 0 Å². The van der Waals surface area contributed by atoms with Crippen molar-refractivity contribution in [3.63, 3.8) is 0 Å². The predicted octanol–water partition coefficient (Wildman–Crippen LogP) is 1.25. The summed E-state index contributed by atoms with van der Waals surface area (Å²) in [6.45, 7) is 0. The van der Waals surface area contributed by atoms with Gasteiger partial charge in [-0.3, -0.25) is 0 Å². The first-order valence-corrected chi connectivity index (χ1v) is 13.3. The van der Waals surface area contributed by atoms with Crippen LogP contribution in [0.4, 0.5) is 0 Å². The summed E-state index contributed by atoms with van der Waals surface area (Å²) in [5.74, 6) is 0. The fraction of sp³-hybridized carbons (Fsp3) is 1.00. The van der Waals surface area contributed by atoms with Gasteiger partial charge in [-0.2, -0.15) is 0 Å². The zero-order valence-electron chi connectivity index (χ0n) is 3.46. The summed E-state index contributed by atoms with van der Waals surface area (Å²) in [4.78, 5) is 4.56. The molecule has 0 aliphatic heterocycles.